The molecule has 2 aromatic heterocycles. The highest BCUT2D eigenvalue weighted by Gasteiger charge is 2.24. The quantitative estimate of drug-likeness (QED) is 0.749. The summed E-state index contributed by atoms with van der Waals surface area (Å²) in [5.41, 5.74) is 1.12. The SMILES string of the molecule is CO[C@H]1CC[C@H](NC(=O)c2nc(-n3ccnc3)nc3c(C#N)cccc23)CC1. The lowest BCUT2D eigenvalue weighted by Crippen LogP contribution is -2.39. The molecule has 4 rings (SSSR count). The molecule has 0 spiro atoms. The van der Waals surface area contributed by atoms with E-state index in [0.717, 1.165) is 25.7 Å². The predicted octanol–water partition coefficient (Wildman–Crippen LogP) is 2.37. The topological polar surface area (TPSA) is 106 Å². The number of para-hydroxylation sites is 1. The summed E-state index contributed by atoms with van der Waals surface area (Å²) in [7, 11) is 1.72. The van der Waals surface area contributed by atoms with Crippen molar-refractivity contribution in [3.8, 4) is 12.0 Å². The molecule has 8 heteroatoms. The Bertz CT molecular complexity index is 1030. The van der Waals surface area contributed by atoms with E-state index in [0.29, 0.717) is 22.4 Å². The monoisotopic (exact) mass is 376 g/mol. The Kier molecular flexibility index (Phi) is 5.00. The van der Waals surface area contributed by atoms with Crippen LogP contribution >= 0.6 is 0 Å². The Morgan fingerprint density at radius 1 is 1.29 bits per heavy atom. The molecule has 0 atom stereocenters. The Morgan fingerprint density at radius 2 is 2.11 bits per heavy atom. The molecule has 1 aromatic carbocycles. The van der Waals surface area contributed by atoms with Crippen LogP contribution in [0.3, 0.4) is 0 Å². The second-order valence-corrected chi connectivity index (χ2v) is 6.84. The van der Waals surface area contributed by atoms with Crippen LogP contribution in [0.1, 0.15) is 41.7 Å². The van der Waals surface area contributed by atoms with E-state index in [9.17, 15) is 10.1 Å². The average Bonchev–Trinajstić information content (AvgIpc) is 3.28. The van der Waals surface area contributed by atoms with Gasteiger partial charge in [-0.1, -0.05) is 12.1 Å². The summed E-state index contributed by atoms with van der Waals surface area (Å²) in [6.07, 6.45) is 8.70. The molecule has 142 valence electrons. The third kappa shape index (κ3) is 3.44. The first-order chi connectivity index (χ1) is 13.7. The summed E-state index contributed by atoms with van der Waals surface area (Å²) in [6, 6.07) is 7.41. The summed E-state index contributed by atoms with van der Waals surface area (Å²) >= 11 is 0. The molecular formula is C20H20N6O2. The average molecular weight is 376 g/mol. The van der Waals surface area contributed by atoms with Crippen molar-refractivity contribution in [2.24, 2.45) is 0 Å². The van der Waals surface area contributed by atoms with Crippen LogP contribution in [0.4, 0.5) is 0 Å². The minimum Gasteiger partial charge on any atom is -0.381 e. The van der Waals surface area contributed by atoms with Crippen molar-refractivity contribution in [2.75, 3.05) is 7.11 Å². The van der Waals surface area contributed by atoms with Crippen LogP contribution in [0.25, 0.3) is 16.9 Å². The first kappa shape index (κ1) is 18.1. The number of hydrogen-bond acceptors (Lipinski definition) is 6. The number of nitriles is 1. The van der Waals surface area contributed by atoms with Crippen molar-refractivity contribution in [3.63, 3.8) is 0 Å². The maximum absolute atomic E-state index is 13.1. The Hall–Kier alpha value is -3.31. The molecule has 8 nitrogen and oxygen atoms in total. The van der Waals surface area contributed by atoms with Crippen LogP contribution in [-0.4, -0.2) is 44.7 Å². The van der Waals surface area contributed by atoms with Crippen molar-refractivity contribution in [1.82, 2.24) is 24.8 Å². The molecule has 3 aromatic rings. The minimum absolute atomic E-state index is 0.0831. The summed E-state index contributed by atoms with van der Waals surface area (Å²) in [5.74, 6) is 0.0469. The van der Waals surface area contributed by atoms with E-state index in [4.69, 9.17) is 4.74 Å². The largest absolute Gasteiger partial charge is 0.381 e. The van der Waals surface area contributed by atoms with E-state index in [2.05, 4.69) is 26.3 Å². The Labute approximate surface area is 162 Å². The highest BCUT2D eigenvalue weighted by molar-refractivity contribution is 6.05. The van der Waals surface area contributed by atoms with Crippen LogP contribution in [0.15, 0.2) is 36.9 Å². The molecule has 28 heavy (non-hydrogen) atoms. The number of fused-ring (bicyclic) bond motifs is 1. The summed E-state index contributed by atoms with van der Waals surface area (Å²) in [6.45, 7) is 0. The highest BCUT2D eigenvalue weighted by atomic mass is 16.5. The lowest BCUT2D eigenvalue weighted by atomic mass is 9.93. The molecule has 1 fully saturated rings. The lowest BCUT2D eigenvalue weighted by Gasteiger charge is -2.28. The van der Waals surface area contributed by atoms with Crippen molar-refractivity contribution < 1.29 is 9.53 Å². The highest BCUT2D eigenvalue weighted by Crippen LogP contribution is 2.23. The number of carbonyl (C=O) groups excluding carboxylic acids is 1. The van der Waals surface area contributed by atoms with Crippen LogP contribution in [0.5, 0.6) is 0 Å². The normalized spacial score (nSPS) is 19.3. The molecule has 1 aliphatic carbocycles. The Morgan fingerprint density at radius 3 is 2.79 bits per heavy atom. The van der Waals surface area contributed by atoms with Gasteiger partial charge in [0.1, 0.15) is 18.1 Å². The number of carbonyl (C=O) groups is 1. The number of rotatable bonds is 4. The number of imidazole rings is 1. The smallest absolute Gasteiger partial charge is 0.270 e. The number of hydrogen-bond donors (Lipinski definition) is 1. The lowest BCUT2D eigenvalue weighted by molar-refractivity contribution is 0.0598. The fourth-order valence-electron chi connectivity index (χ4n) is 3.59. The van der Waals surface area contributed by atoms with Gasteiger partial charge in [-0.25, -0.2) is 15.0 Å². The van der Waals surface area contributed by atoms with Crippen LogP contribution < -0.4 is 5.32 Å². The standard InChI is InChI=1S/C20H20N6O2/c1-28-15-7-5-14(6-8-15)23-19(27)18-16-4-2-3-13(11-21)17(16)24-20(25-18)26-10-9-22-12-26/h2-4,9-10,12,14-15H,5-8H2,1H3,(H,23,27)/t14-,15-. The van der Waals surface area contributed by atoms with Crippen molar-refractivity contribution in [1.29, 1.82) is 5.26 Å². The van der Waals surface area contributed by atoms with E-state index >= 15 is 0 Å². The molecule has 0 saturated heterocycles. The van der Waals surface area contributed by atoms with E-state index in [1.54, 1.807) is 48.6 Å². The third-order valence-electron chi connectivity index (χ3n) is 5.13. The van der Waals surface area contributed by atoms with Gasteiger partial charge in [0.25, 0.3) is 5.91 Å². The van der Waals surface area contributed by atoms with Gasteiger partial charge in [-0.05, 0) is 31.7 Å². The fourth-order valence-corrected chi connectivity index (χ4v) is 3.59. The summed E-state index contributed by atoms with van der Waals surface area (Å²) < 4.78 is 7.02. The number of methoxy groups -OCH3 is 1. The molecule has 0 unspecified atom stereocenters. The number of nitrogens with zero attached hydrogens (tertiary/aromatic N) is 5. The molecule has 0 radical (unpaired) electrons. The first-order valence-corrected chi connectivity index (χ1v) is 9.22. The van der Waals surface area contributed by atoms with E-state index in [1.807, 2.05) is 0 Å². The van der Waals surface area contributed by atoms with Crippen LogP contribution in [0, 0.1) is 11.3 Å². The molecule has 0 bridgehead atoms. The second-order valence-electron chi connectivity index (χ2n) is 6.84. The molecule has 1 N–H and O–H groups in total. The molecule has 2 heterocycles. The zero-order valence-electron chi connectivity index (χ0n) is 15.5. The van der Waals surface area contributed by atoms with Crippen LogP contribution in [-0.2, 0) is 4.74 Å². The summed E-state index contributed by atoms with van der Waals surface area (Å²) in [4.78, 5) is 26.0. The second kappa shape index (κ2) is 7.74. The maximum atomic E-state index is 13.1. The third-order valence-corrected chi connectivity index (χ3v) is 5.13. The van der Waals surface area contributed by atoms with Gasteiger partial charge >= 0.3 is 0 Å². The van der Waals surface area contributed by atoms with Crippen molar-refractivity contribution >= 4 is 16.8 Å². The van der Waals surface area contributed by atoms with Gasteiger partial charge in [0.15, 0.2) is 0 Å². The van der Waals surface area contributed by atoms with Gasteiger partial charge in [0, 0.05) is 30.9 Å². The van der Waals surface area contributed by atoms with Gasteiger partial charge in [-0.15, -0.1) is 0 Å². The van der Waals surface area contributed by atoms with E-state index < -0.39 is 0 Å². The number of nitrogens with one attached hydrogen (secondary N) is 1. The molecule has 0 aliphatic heterocycles. The summed E-state index contributed by atoms with van der Waals surface area (Å²) in [5, 5.41) is 13.1. The van der Waals surface area contributed by atoms with Gasteiger partial charge in [0.2, 0.25) is 5.95 Å². The zero-order chi connectivity index (χ0) is 19.5. The first-order valence-electron chi connectivity index (χ1n) is 9.22. The number of benzene rings is 1. The van der Waals surface area contributed by atoms with Crippen LogP contribution in [0.2, 0.25) is 0 Å². The molecule has 1 saturated carbocycles. The predicted molar refractivity (Wildman–Crippen MR) is 102 cm³/mol. The van der Waals surface area contributed by atoms with E-state index in [1.165, 1.54) is 0 Å². The number of amides is 1. The van der Waals surface area contributed by atoms with E-state index in [-0.39, 0.29) is 23.7 Å². The van der Waals surface area contributed by atoms with Gasteiger partial charge in [0.05, 0.1) is 17.2 Å². The molecule has 1 aliphatic rings. The zero-order valence-corrected chi connectivity index (χ0v) is 15.5. The van der Waals surface area contributed by atoms with Gasteiger partial charge in [-0.3, -0.25) is 9.36 Å². The van der Waals surface area contributed by atoms with Crippen molar-refractivity contribution in [2.45, 2.75) is 37.8 Å². The Balaban J connectivity index is 1.71. The number of aromatic nitrogens is 4. The fraction of sp³-hybridized carbons (Fsp3) is 0.350. The molecular weight excluding hydrogens is 356 g/mol. The van der Waals surface area contributed by atoms with Gasteiger partial charge < -0.3 is 10.1 Å². The van der Waals surface area contributed by atoms with Crippen molar-refractivity contribution in [3.05, 3.63) is 48.2 Å². The minimum atomic E-state index is -0.260. The number of ether oxygens (including phenoxy) is 1. The maximum Gasteiger partial charge on any atom is 0.270 e. The molecule has 1 amide bonds. The van der Waals surface area contributed by atoms with Gasteiger partial charge in [-0.2, -0.15) is 5.26 Å².